The third kappa shape index (κ3) is 4.17. The van der Waals surface area contributed by atoms with Crippen molar-refractivity contribution in [2.45, 2.75) is 11.4 Å². The minimum Gasteiger partial charge on any atom is -0.497 e. The first-order valence-electron chi connectivity index (χ1n) is 7.93. The first kappa shape index (κ1) is 19.8. The molecule has 0 N–H and O–H groups in total. The Labute approximate surface area is 154 Å². The Hall–Kier alpha value is -2.51. The standard InChI is InChI=1S/C19H23NO5S/c1-5-13-20(14-15-7-6-8-18(24-3)19(15)25-4)26(21,22)17-11-9-16(23-2)10-12-17/h5-12H,1,13-14H2,2-4H3. The highest BCUT2D eigenvalue weighted by Gasteiger charge is 2.25. The van der Waals surface area contributed by atoms with Gasteiger partial charge in [-0.25, -0.2) is 8.42 Å². The summed E-state index contributed by atoms with van der Waals surface area (Å²) in [6.45, 7) is 3.96. The Morgan fingerprint density at radius 1 is 1.00 bits per heavy atom. The van der Waals surface area contributed by atoms with Crippen molar-refractivity contribution in [1.29, 1.82) is 0 Å². The molecule has 140 valence electrons. The van der Waals surface area contributed by atoms with Crippen molar-refractivity contribution in [3.63, 3.8) is 0 Å². The lowest BCUT2D eigenvalue weighted by molar-refractivity contribution is 0.345. The highest BCUT2D eigenvalue weighted by atomic mass is 32.2. The third-order valence-corrected chi connectivity index (χ3v) is 5.69. The van der Waals surface area contributed by atoms with Gasteiger partial charge in [-0.1, -0.05) is 18.2 Å². The van der Waals surface area contributed by atoms with E-state index in [9.17, 15) is 8.42 Å². The fourth-order valence-corrected chi connectivity index (χ4v) is 3.95. The second kappa shape index (κ2) is 8.73. The molecule has 0 atom stereocenters. The number of methoxy groups -OCH3 is 3. The molecule has 26 heavy (non-hydrogen) atoms. The average molecular weight is 377 g/mol. The van der Waals surface area contributed by atoms with E-state index in [2.05, 4.69) is 6.58 Å². The predicted octanol–water partition coefficient (Wildman–Crippen LogP) is 3.09. The van der Waals surface area contributed by atoms with Gasteiger partial charge in [0.1, 0.15) is 5.75 Å². The van der Waals surface area contributed by atoms with Gasteiger partial charge in [-0.05, 0) is 30.3 Å². The van der Waals surface area contributed by atoms with Crippen molar-refractivity contribution < 1.29 is 22.6 Å². The molecule has 2 aromatic rings. The summed E-state index contributed by atoms with van der Waals surface area (Å²) in [5.41, 5.74) is 0.700. The van der Waals surface area contributed by atoms with E-state index in [0.717, 1.165) is 0 Å². The Bertz CT molecular complexity index is 847. The molecule has 0 aliphatic rings. The molecule has 2 rings (SSSR count). The summed E-state index contributed by atoms with van der Waals surface area (Å²) in [6, 6.07) is 11.6. The minimum absolute atomic E-state index is 0.126. The van der Waals surface area contributed by atoms with Gasteiger partial charge in [0.25, 0.3) is 0 Å². The lowest BCUT2D eigenvalue weighted by atomic mass is 10.2. The highest BCUT2D eigenvalue weighted by Crippen LogP contribution is 2.32. The second-order valence-corrected chi connectivity index (χ2v) is 7.35. The zero-order valence-corrected chi connectivity index (χ0v) is 16.0. The molecule has 2 aromatic carbocycles. The Kier molecular flexibility index (Phi) is 6.65. The number of benzene rings is 2. The van der Waals surface area contributed by atoms with Gasteiger partial charge in [0.05, 0.1) is 26.2 Å². The van der Waals surface area contributed by atoms with E-state index in [1.807, 2.05) is 0 Å². The molecule has 0 heterocycles. The van der Waals surface area contributed by atoms with Crippen molar-refractivity contribution in [3.05, 3.63) is 60.7 Å². The normalized spacial score (nSPS) is 11.2. The fraction of sp³-hybridized carbons (Fsp3) is 0.263. The average Bonchev–Trinajstić information content (AvgIpc) is 2.67. The van der Waals surface area contributed by atoms with E-state index in [-0.39, 0.29) is 18.0 Å². The number of rotatable bonds is 9. The Morgan fingerprint density at radius 2 is 1.69 bits per heavy atom. The van der Waals surface area contributed by atoms with Crippen molar-refractivity contribution in [2.24, 2.45) is 0 Å². The largest absolute Gasteiger partial charge is 0.497 e. The molecular formula is C19H23NO5S. The van der Waals surface area contributed by atoms with Crippen LogP contribution in [-0.4, -0.2) is 40.6 Å². The molecule has 0 bridgehead atoms. The molecule has 0 radical (unpaired) electrons. The molecule has 0 aliphatic heterocycles. The van der Waals surface area contributed by atoms with Crippen LogP contribution in [0.25, 0.3) is 0 Å². The molecule has 0 unspecified atom stereocenters. The van der Waals surface area contributed by atoms with E-state index >= 15 is 0 Å². The first-order valence-corrected chi connectivity index (χ1v) is 9.37. The predicted molar refractivity (Wildman–Crippen MR) is 100 cm³/mol. The van der Waals surface area contributed by atoms with Crippen molar-refractivity contribution >= 4 is 10.0 Å². The topological polar surface area (TPSA) is 65.1 Å². The number of nitrogens with zero attached hydrogens (tertiary/aromatic N) is 1. The lowest BCUT2D eigenvalue weighted by Gasteiger charge is -2.22. The smallest absolute Gasteiger partial charge is 0.243 e. The first-order chi connectivity index (χ1) is 12.5. The zero-order valence-electron chi connectivity index (χ0n) is 15.1. The maximum absolute atomic E-state index is 13.0. The van der Waals surface area contributed by atoms with Crippen LogP contribution in [0.3, 0.4) is 0 Å². The summed E-state index contributed by atoms with van der Waals surface area (Å²) >= 11 is 0. The molecule has 0 amide bonds. The molecule has 0 fully saturated rings. The van der Waals surface area contributed by atoms with Gasteiger partial charge in [0, 0.05) is 18.7 Å². The minimum atomic E-state index is -3.72. The van der Waals surface area contributed by atoms with Gasteiger partial charge < -0.3 is 14.2 Å². The summed E-state index contributed by atoms with van der Waals surface area (Å²) < 4.78 is 43.2. The van der Waals surface area contributed by atoms with E-state index < -0.39 is 10.0 Å². The third-order valence-electron chi connectivity index (χ3n) is 3.86. The summed E-state index contributed by atoms with van der Waals surface area (Å²) in [5.74, 6) is 1.65. The molecule has 7 heteroatoms. The van der Waals surface area contributed by atoms with Crippen LogP contribution in [0.2, 0.25) is 0 Å². The molecule has 0 aliphatic carbocycles. The summed E-state index contributed by atoms with van der Waals surface area (Å²) in [5, 5.41) is 0. The number of sulfonamides is 1. The molecule has 0 saturated carbocycles. The molecule has 0 saturated heterocycles. The number of hydrogen-bond donors (Lipinski definition) is 0. The number of hydrogen-bond acceptors (Lipinski definition) is 5. The quantitative estimate of drug-likeness (QED) is 0.629. The van der Waals surface area contributed by atoms with Gasteiger partial charge in [-0.2, -0.15) is 4.31 Å². The van der Waals surface area contributed by atoms with Gasteiger partial charge >= 0.3 is 0 Å². The van der Waals surface area contributed by atoms with Crippen LogP contribution in [0.15, 0.2) is 60.0 Å². The van der Waals surface area contributed by atoms with Gasteiger partial charge in [-0.15, -0.1) is 6.58 Å². The summed E-state index contributed by atoms with van der Waals surface area (Å²) in [4.78, 5) is 0.182. The number of ether oxygens (including phenoxy) is 3. The van der Waals surface area contributed by atoms with Crippen LogP contribution < -0.4 is 14.2 Å². The van der Waals surface area contributed by atoms with Crippen molar-refractivity contribution in [1.82, 2.24) is 4.31 Å². The molecule has 6 nitrogen and oxygen atoms in total. The summed E-state index contributed by atoms with van der Waals surface area (Å²) in [7, 11) is 0.873. The van der Waals surface area contributed by atoms with Crippen molar-refractivity contribution in [3.8, 4) is 17.2 Å². The Balaban J connectivity index is 2.40. The van der Waals surface area contributed by atoms with Crippen molar-refractivity contribution in [2.75, 3.05) is 27.9 Å². The number of para-hydroxylation sites is 1. The van der Waals surface area contributed by atoms with Crippen LogP contribution in [-0.2, 0) is 16.6 Å². The van der Waals surface area contributed by atoms with Crippen LogP contribution in [0.1, 0.15) is 5.56 Å². The molecule has 0 spiro atoms. The lowest BCUT2D eigenvalue weighted by Crippen LogP contribution is -2.31. The zero-order chi connectivity index (χ0) is 19.2. The van der Waals surface area contributed by atoms with Gasteiger partial charge in [0.15, 0.2) is 11.5 Å². The monoisotopic (exact) mass is 377 g/mol. The van der Waals surface area contributed by atoms with Crippen LogP contribution in [0.4, 0.5) is 0 Å². The van der Waals surface area contributed by atoms with Crippen LogP contribution >= 0.6 is 0 Å². The summed E-state index contributed by atoms with van der Waals surface area (Å²) in [6.07, 6.45) is 1.55. The maximum atomic E-state index is 13.0. The Morgan fingerprint density at radius 3 is 2.23 bits per heavy atom. The van der Waals surface area contributed by atoms with Crippen LogP contribution in [0.5, 0.6) is 17.2 Å². The van der Waals surface area contributed by atoms with Gasteiger partial charge in [0.2, 0.25) is 10.0 Å². The fourth-order valence-electron chi connectivity index (χ4n) is 2.56. The second-order valence-electron chi connectivity index (χ2n) is 5.41. The highest BCUT2D eigenvalue weighted by molar-refractivity contribution is 7.89. The molecule has 0 aromatic heterocycles. The van der Waals surface area contributed by atoms with Crippen LogP contribution in [0, 0.1) is 0 Å². The maximum Gasteiger partial charge on any atom is 0.243 e. The van der Waals surface area contributed by atoms with Gasteiger partial charge in [-0.3, -0.25) is 0 Å². The SMILES string of the molecule is C=CCN(Cc1cccc(OC)c1OC)S(=O)(=O)c1ccc(OC)cc1. The molecular weight excluding hydrogens is 354 g/mol. The van der Waals surface area contributed by atoms with E-state index in [1.54, 1.807) is 36.4 Å². The van der Waals surface area contributed by atoms with E-state index in [0.29, 0.717) is 22.8 Å². The van der Waals surface area contributed by atoms with E-state index in [1.165, 1.54) is 37.8 Å². The van der Waals surface area contributed by atoms with E-state index in [4.69, 9.17) is 14.2 Å².